The first kappa shape index (κ1) is 17.7. The van der Waals surface area contributed by atoms with E-state index in [0.717, 1.165) is 23.2 Å². The second kappa shape index (κ2) is 7.00. The lowest BCUT2D eigenvalue weighted by atomic mass is 9.97. The van der Waals surface area contributed by atoms with E-state index < -0.39 is 0 Å². The number of nitrogens with zero attached hydrogens (tertiary/aromatic N) is 3. The molecule has 0 saturated carbocycles. The van der Waals surface area contributed by atoms with Gasteiger partial charge in [0.25, 0.3) is 0 Å². The Balaban J connectivity index is 1.69. The molecule has 1 aliphatic heterocycles. The predicted octanol–water partition coefficient (Wildman–Crippen LogP) is 3.04. The number of carbonyl (C=O) groups excluding carboxylic acids is 1. The normalized spacial score (nSPS) is 19.8. The third-order valence-electron chi connectivity index (χ3n) is 5.13. The van der Waals surface area contributed by atoms with Crippen molar-refractivity contribution in [2.24, 2.45) is 7.05 Å². The number of benzene rings is 1. The van der Waals surface area contributed by atoms with Gasteiger partial charge in [-0.2, -0.15) is 5.10 Å². The quantitative estimate of drug-likeness (QED) is 0.859. The summed E-state index contributed by atoms with van der Waals surface area (Å²) in [5.74, 6) is 0.178. The summed E-state index contributed by atoms with van der Waals surface area (Å²) >= 11 is 0. The van der Waals surface area contributed by atoms with Gasteiger partial charge in [-0.05, 0) is 38.3 Å². The molecule has 1 aromatic heterocycles. The molecule has 5 nitrogen and oxygen atoms in total. The van der Waals surface area contributed by atoms with Crippen molar-refractivity contribution in [1.29, 1.82) is 0 Å². The highest BCUT2D eigenvalue weighted by Gasteiger charge is 2.38. The van der Waals surface area contributed by atoms with Gasteiger partial charge in [0, 0.05) is 19.2 Å². The van der Waals surface area contributed by atoms with Gasteiger partial charge < -0.3 is 9.64 Å². The van der Waals surface area contributed by atoms with Crippen LogP contribution in [0.15, 0.2) is 36.5 Å². The van der Waals surface area contributed by atoms with E-state index in [1.165, 1.54) is 0 Å². The fourth-order valence-corrected chi connectivity index (χ4v) is 3.32. The van der Waals surface area contributed by atoms with E-state index in [1.807, 2.05) is 47.9 Å². The first-order valence-electron chi connectivity index (χ1n) is 8.83. The maximum Gasteiger partial charge on any atom is 0.223 e. The lowest BCUT2D eigenvalue weighted by Gasteiger charge is -2.45. The highest BCUT2D eigenvalue weighted by atomic mass is 16.5. The molecule has 1 amide bonds. The van der Waals surface area contributed by atoms with Crippen molar-refractivity contribution >= 4 is 5.91 Å². The van der Waals surface area contributed by atoms with Crippen LogP contribution in [0, 0.1) is 6.92 Å². The van der Waals surface area contributed by atoms with Crippen molar-refractivity contribution in [2.75, 3.05) is 13.2 Å². The van der Waals surface area contributed by atoms with Crippen molar-refractivity contribution in [3.8, 4) is 0 Å². The van der Waals surface area contributed by atoms with Crippen molar-refractivity contribution in [2.45, 2.75) is 45.3 Å². The largest absolute Gasteiger partial charge is 0.369 e. The summed E-state index contributed by atoms with van der Waals surface area (Å²) in [6.07, 6.45) is 3.03. The Labute approximate surface area is 149 Å². The third-order valence-corrected chi connectivity index (χ3v) is 5.13. The van der Waals surface area contributed by atoms with Crippen LogP contribution in [0.2, 0.25) is 0 Å². The van der Waals surface area contributed by atoms with E-state index in [2.05, 4.69) is 31.1 Å². The summed E-state index contributed by atoms with van der Waals surface area (Å²) < 4.78 is 7.89. The van der Waals surface area contributed by atoms with Crippen LogP contribution in [0.3, 0.4) is 0 Å². The van der Waals surface area contributed by atoms with E-state index >= 15 is 0 Å². The third kappa shape index (κ3) is 3.76. The number of amides is 1. The van der Waals surface area contributed by atoms with Gasteiger partial charge in [0.05, 0.1) is 24.9 Å². The van der Waals surface area contributed by atoms with Gasteiger partial charge in [-0.3, -0.25) is 9.48 Å². The SMILES string of the molecule is Cc1c(CCC(=O)N2C[C@@H](c3ccccc3)OCC2(C)C)cnn1C. The second-order valence-corrected chi connectivity index (χ2v) is 7.41. The van der Waals surface area contributed by atoms with Crippen LogP contribution < -0.4 is 0 Å². The summed E-state index contributed by atoms with van der Waals surface area (Å²) in [5, 5.41) is 4.26. The van der Waals surface area contributed by atoms with Crippen molar-refractivity contribution in [3.63, 3.8) is 0 Å². The molecule has 0 radical (unpaired) electrons. The fraction of sp³-hybridized carbons (Fsp3) is 0.500. The van der Waals surface area contributed by atoms with Gasteiger partial charge in [0.15, 0.2) is 0 Å². The molecule has 5 heteroatoms. The Morgan fingerprint density at radius 2 is 2.04 bits per heavy atom. The van der Waals surface area contributed by atoms with Gasteiger partial charge in [0.1, 0.15) is 6.10 Å². The van der Waals surface area contributed by atoms with E-state index in [0.29, 0.717) is 19.6 Å². The summed E-state index contributed by atoms with van der Waals surface area (Å²) in [7, 11) is 1.93. The number of rotatable bonds is 4. The van der Waals surface area contributed by atoms with Gasteiger partial charge >= 0.3 is 0 Å². The van der Waals surface area contributed by atoms with Crippen LogP contribution in [0.5, 0.6) is 0 Å². The van der Waals surface area contributed by atoms with Gasteiger partial charge in [-0.25, -0.2) is 0 Å². The van der Waals surface area contributed by atoms with E-state index in [-0.39, 0.29) is 17.6 Å². The molecule has 1 aromatic carbocycles. The Morgan fingerprint density at radius 3 is 2.68 bits per heavy atom. The van der Waals surface area contributed by atoms with Crippen molar-refractivity contribution < 1.29 is 9.53 Å². The zero-order valence-corrected chi connectivity index (χ0v) is 15.5. The zero-order valence-electron chi connectivity index (χ0n) is 15.5. The molecule has 0 aliphatic carbocycles. The lowest BCUT2D eigenvalue weighted by molar-refractivity contribution is -0.154. The Morgan fingerprint density at radius 1 is 1.32 bits per heavy atom. The molecule has 1 fully saturated rings. The average Bonchev–Trinajstić information content (AvgIpc) is 2.92. The van der Waals surface area contributed by atoms with Gasteiger partial charge in [-0.15, -0.1) is 0 Å². The fourth-order valence-electron chi connectivity index (χ4n) is 3.32. The molecule has 0 spiro atoms. The molecule has 0 unspecified atom stereocenters. The molecule has 2 aromatic rings. The van der Waals surface area contributed by atoms with Gasteiger partial charge in [0.2, 0.25) is 5.91 Å². The van der Waals surface area contributed by atoms with E-state index in [1.54, 1.807) is 0 Å². The number of morpholine rings is 1. The van der Waals surface area contributed by atoms with Crippen LogP contribution in [0.1, 0.15) is 43.2 Å². The number of hydrogen-bond acceptors (Lipinski definition) is 3. The smallest absolute Gasteiger partial charge is 0.223 e. The average molecular weight is 341 g/mol. The predicted molar refractivity (Wildman–Crippen MR) is 97.2 cm³/mol. The minimum absolute atomic E-state index is 0.0571. The summed E-state index contributed by atoms with van der Waals surface area (Å²) in [6.45, 7) is 7.33. The molecule has 1 saturated heterocycles. The Bertz CT molecular complexity index is 737. The van der Waals surface area contributed by atoms with Gasteiger partial charge in [-0.1, -0.05) is 30.3 Å². The van der Waals surface area contributed by atoms with E-state index in [4.69, 9.17) is 4.74 Å². The number of aryl methyl sites for hydroxylation is 2. The first-order chi connectivity index (χ1) is 11.9. The molecule has 3 rings (SSSR count). The number of ether oxygens (including phenoxy) is 1. The maximum absolute atomic E-state index is 12.9. The molecule has 1 atom stereocenters. The maximum atomic E-state index is 12.9. The number of carbonyl (C=O) groups is 1. The van der Waals surface area contributed by atoms with Crippen LogP contribution in [-0.4, -0.2) is 39.3 Å². The number of aromatic nitrogens is 2. The van der Waals surface area contributed by atoms with Crippen LogP contribution in [-0.2, 0) is 23.0 Å². The molecular weight excluding hydrogens is 314 g/mol. The van der Waals surface area contributed by atoms with Crippen molar-refractivity contribution in [1.82, 2.24) is 14.7 Å². The Hall–Kier alpha value is -2.14. The summed E-state index contributed by atoms with van der Waals surface area (Å²) in [5.41, 5.74) is 3.10. The minimum atomic E-state index is -0.285. The molecule has 134 valence electrons. The highest BCUT2D eigenvalue weighted by Crippen LogP contribution is 2.31. The number of hydrogen-bond donors (Lipinski definition) is 0. The van der Waals surface area contributed by atoms with Crippen LogP contribution in [0.25, 0.3) is 0 Å². The highest BCUT2D eigenvalue weighted by molar-refractivity contribution is 5.77. The zero-order chi connectivity index (χ0) is 18.0. The summed E-state index contributed by atoms with van der Waals surface area (Å²) in [4.78, 5) is 14.9. The standard InChI is InChI=1S/C20H27N3O2/c1-15-17(12-21-22(15)4)10-11-19(24)23-13-18(25-14-20(23,2)3)16-8-6-5-7-9-16/h5-9,12,18H,10-11,13-14H2,1-4H3/t18-/m0/s1. The molecule has 2 heterocycles. The van der Waals surface area contributed by atoms with E-state index in [9.17, 15) is 4.79 Å². The molecule has 0 N–H and O–H groups in total. The molecular formula is C20H27N3O2. The van der Waals surface area contributed by atoms with Crippen LogP contribution >= 0.6 is 0 Å². The topological polar surface area (TPSA) is 47.4 Å². The molecule has 0 bridgehead atoms. The van der Waals surface area contributed by atoms with Crippen molar-refractivity contribution in [3.05, 3.63) is 53.3 Å². The lowest BCUT2D eigenvalue weighted by Crippen LogP contribution is -2.56. The Kier molecular flexibility index (Phi) is 4.95. The summed E-state index contributed by atoms with van der Waals surface area (Å²) in [6, 6.07) is 10.1. The second-order valence-electron chi connectivity index (χ2n) is 7.41. The van der Waals surface area contributed by atoms with Crippen LogP contribution in [0.4, 0.5) is 0 Å². The molecule has 1 aliphatic rings. The minimum Gasteiger partial charge on any atom is -0.369 e. The first-order valence-corrected chi connectivity index (χ1v) is 8.83. The monoisotopic (exact) mass is 341 g/mol. The molecule has 25 heavy (non-hydrogen) atoms.